The zero-order chi connectivity index (χ0) is 13.8. The number of ether oxygens (including phenoxy) is 1. The number of hydrogen-bond donors (Lipinski definition) is 1. The normalized spacial score (nSPS) is 11.2. The van der Waals surface area contributed by atoms with Crippen molar-refractivity contribution in [3.05, 3.63) is 30.0 Å². The summed E-state index contributed by atoms with van der Waals surface area (Å²) in [7, 11) is 0. The van der Waals surface area contributed by atoms with Gasteiger partial charge in [-0.15, -0.1) is 11.6 Å². The maximum Gasteiger partial charge on any atom is 0.165 e. The van der Waals surface area contributed by atoms with Crippen LogP contribution in [0.4, 0.5) is 0 Å². The summed E-state index contributed by atoms with van der Waals surface area (Å²) in [6.07, 6.45) is 2.99. The number of hydrogen-bond acceptors (Lipinski definition) is 2. The fourth-order valence-electron chi connectivity index (χ4n) is 2.09. The maximum atomic E-state index is 12.2. The van der Waals surface area contributed by atoms with Crippen molar-refractivity contribution in [2.45, 2.75) is 32.8 Å². The van der Waals surface area contributed by atoms with E-state index in [9.17, 15) is 4.79 Å². The highest BCUT2D eigenvalue weighted by molar-refractivity contribution is 6.18. The van der Waals surface area contributed by atoms with Crippen LogP contribution in [0.5, 0.6) is 5.75 Å². The van der Waals surface area contributed by atoms with E-state index in [4.69, 9.17) is 16.3 Å². The first kappa shape index (κ1) is 13.9. The monoisotopic (exact) mass is 279 g/mol. The van der Waals surface area contributed by atoms with Crippen LogP contribution in [0.3, 0.4) is 0 Å². The summed E-state index contributed by atoms with van der Waals surface area (Å²) in [5.74, 6) is 1.36. The third kappa shape index (κ3) is 3.10. The standard InChI is InChI=1S/C15H18ClNO2/c1-10(2)19-14-7-3-5-12-15(14)11(9-17-12)13(18)6-4-8-16/h3,5,7,9-10,17H,4,6,8H2,1-2H3. The number of nitrogens with one attached hydrogen (secondary N) is 1. The number of halogens is 1. The fourth-order valence-corrected chi connectivity index (χ4v) is 2.22. The van der Waals surface area contributed by atoms with Gasteiger partial charge in [0.2, 0.25) is 0 Å². The minimum Gasteiger partial charge on any atom is -0.490 e. The van der Waals surface area contributed by atoms with E-state index in [0.717, 1.165) is 16.7 Å². The average molecular weight is 280 g/mol. The van der Waals surface area contributed by atoms with Gasteiger partial charge in [-0.05, 0) is 32.4 Å². The molecule has 0 radical (unpaired) electrons. The van der Waals surface area contributed by atoms with Crippen molar-refractivity contribution in [2.75, 3.05) is 5.88 Å². The SMILES string of the molecule is CC(C)Oc1cccc2[nH]cc(C(=O)CCCCl)c12. The van der Waals surface area contributed by atoms with Crippen LogP contribution < -0.4 is 4.74 Å². The van der Waals surface area contributed by atoms with Crippen molar-refractivity contribution in [1.29, 1.82) is 0 Å². The third-order valence-corrected chi connectivity index (χ3v) is 3.14. The highest BCUT2D eigenvalue weighted by Crippen LogP contribution is 2.30. The second-order valence-electron chi connectivity index (χ2n) is 4.76. The van der Waals surface area contributed by atoms with Gasteiger partial charge in [-0.2, -0.15) is 0 Å². The molecule has 0 bridgehead atoms. The van der Waals surface area contributed by atoms with Gasteiger partial charge in [-0.25, -0.2) is 0 Å². The van der Waals surface area contributed by atoms with E-state index in [1.165, 1.54) is 0 Å². The molecule has 102 valence electrons. The lowest BCUT2D eigenvalue weighted by Crippen LogP contribution is -2.06. The number of benzene rings is 1. The Hall–Kier alpha value is -1.48. The van der Waals surface area contributed by atoms with E-state index >= 15 is 0 Å². The van der Waals surface area contributed by atoms with Crippen molar-refractivity contribution in [3.8, 4) is 5.75 Å². The first-order valence-electron chi connectivity index (χ1n) is 6.49. The summed E-state index contributed by atoms with van der Waals surface area (Å²) in [4.78, 5) is 15.3. The molecule has 0 saturated carbocycles. The number of carbonyl (C=O) groups is 1. The molecule has 4 heteroatoms. The highest BCUT2D eigenvalue weighted by Gasteiger charge is 2.16. The predicted octanol–water partition coefficient (Wildman–Crippen LogP) is 4.16. The zero-order valence-corrected chi connectivity index (χ0v) is 12.0. The second-order valence-corrected chi connectivity index (χ2v) is 5.14. The van der Waals surface area contributed by atoms with Gasteiger partial charge in [0, 0.05) is 29.6 Å². The van der Waals surface area contributed by atoms with Gasteiger partial charge in [0.15, 0.2) is 5.78 Å². The van der Waals surface area contributed by atoms with Crippen LogP contribution in [-0.2, 0) is 0 Å². The van der Waals surface area contributed by atoms with Gasteiger partial charge < -0.3 is 9.72 Å². The Morgan fingerprint density at radius 1 is 1.42 bits per heavy atom. The van der Waals surface area contributed by atoms with Gasteiger partial charge in [0.1, 0.15) is 5.75 Å². The highest BCUT2D eigenvalue weighted by atomic mass is 35.5. The maximum absolute atomic E-state index is 12.2. The molecule has 0 unspecified atom stereocenters. The Morgan fingerprint density at radius 2 is 2.21 bits per heavy atom. The quantitative estimate of drug-likeness (QED) is 0.637. The van der Waals surface area contributed by atoms with Crippen molar-refractivity contribution in [3.63, 3.8) is 0 Å². The lowest BCUT2D eigenvalue weighted by molar-refractivity contribution is 0.0983. The number of ketones is 1. The molecule has 0 saturated heterocycles. The topological polar surface area (TPSA) is 42.1 Å². The number of rotatable bonds is 6. The van der Waals surface area contributed by atoms with Crippen molar-refractivity contribution < 1.29 is 9.53 Å². The number of Topliss-reactive ketones (excluding diaryl/α,β-unsaturated/α-hetero) is 1. The number of carbonyl (C=O) groups excluding carboxylic acids is 1. The minimum atomic E-state index is 0.0753. The Balaban J connectivity index is 2.41. The second kappa shape index (κ2) is 6.11. The molecular weight excluding hydrogens is 262 g/mol. The summed E-state index contributed by atoms with van der Waals surface area (Å²) >= 11 is 5.64. The molecule has 0 spiro atoms. The van der Waals surface area contributed by atoms with Crippen LogP contribution in [-0.4, -0.2) is 22.8 Å². The third-order valence-electron chi connectivity index (χ3n) is 2.87. The number of aromatic amines is 1. The van der Waals surface area contributed by atoms with Gasteiger partial charge in [-0.1, -0.05) is 6.07 Å². The number of fused-ring (bicyclic) bond motifs is 1. The van der Waals surface area contributed by atoms with Crippen LogP contribution in [0, 0.1) is 0 Å². The van der Waals surface area contributed by atoms with Crippen molar-refractivity contribution in [2.24, 2.45) is 0 Å². The van der Waals surface area contributed by atoms with E-state index in [-0.39, 0.29) is 11.9 Å². The minimum absolute atomic E-state index is 0.0753. The average Bonchev–Trinajstić information content (AvgIpc) is 2.80. The van der Waals surface area contributed by atoms with Gasteiger partial charge in [0.05, 0.1) is 11.5 Å². The molecule has 1 aromatic heterocycles. The van der Waals surface area contributed by atoms with Gasteiger partial charge in [-0.3, -0.25) is 4.79 Å². The van der Waals surface area contributed by atoms with Crippen molar-refractivity contribution >= 4 is 28.3 Å². The molecule has 2 aromatic rings. The van der Waals surface area contributed by atoms with E-state index < -0.39 is 0 Å². The number of H-pyrrole nitrogens is 1. The summed E-state index contributed by atoms with van der Waals surface area (Å²) in [5.41, 5.74) is 1.61. The van der Waals surface area contributed by atoms with Crippen molar-refractivity contribution in [1.82, 2.24) is 4.98 Å². The molecule has 2 rings (SSSR count). The summed E-state index contributed by atoms with van der Waals surface area (Å²) in [6, 6.07) is 5.76. The van der Waals surface area contributed by atoms with Crippen LogP contribution in [0.25, 0.3) is 10.9 Å². The van der Waals surface area contributed by atoms with Crippen LogP contribution in [0.1, 0.15) is 37.0 Å². The molecule has 0 fully saturated rings. The zero-order valence-electron chi connectivity index (χ0n) is 11.2. The molecule has 1 heterocycles. The van der Waals surface area contributed by atoms with Crippen LogP contribution in [0.2, 0.25) is 0 Å². The molecule has 0 aliphatic rings. The summed E-state index contributed by atoms with van der Waals surface area (Å²) < 4.78 is 5.78. The summed E-state index contributed by atoms with van der Waals surface area (Å²) in [5, 5.41) is 0.871. The van der Waals surface area contributed by atoms with Crippen LogP contribution in [0.15, 0.2) is 24.4 Å². The molecule has 0 atom stereocenters. The molecule has 0 aliphatic carbocycles. The molecule has 3 nitrogen and oxygen atoms in total. The number of aromatic nitrogens is 1. The molecule has 0 amide bonds. The molecule has 1 N–H and O–H groups in total. The summed E-state index contributed by atoms with van der Waals surface area (Å²) in [6.45, 7) is 3.95. The molecule has 1 aromatic carbocycles. The lowest BCUT2D eigenvalue weighted by atomic mass is 10.1. The first-order valence-corrected chi connectivity index (χ1v) is 7.03. The number of alkyl halides is 1. The Morgan fingerprint density at radius 3 is 2.89 bits per heavy atom. The molecular formula is C15H18ClNO2. The smallest absolute Gasteiger partial charge is 0.165 e. The fraction of sp³-hybridized carbons (Fsp3) is 0.400. The van der Waals surface area contributed by atoms with E-state index in [2.05, 4.69) is 4.98 Å². The molecule has 0 aliphatic heterocycles. The largest absolute Gasteiger partial charge is 0.490 e. The van der Waals surface area contributed by atoms with Crippen LogP contribution >= 0.6 is 11.6 Å². The van der Waals surface area contributed by atoms with E-state index in [1.54, 1.807) is 6.20 Å². The Labute approximate surface area is 117 Å². The van der Waals surface area contributed by atoms with Gasteiger partial charge in [0.25, 0.3) is 0 Å². The van der Waals surface area contributed by atoms with E-state index in [1.807, 2.05) is 32.0 Å². The van der Waals surface area contributed by atoms with Gasteiger partial charge >= 0.3 is 0 Å². The Kier molecular flexibility index (Phi) is 4.48. The predicted molar refractivity (Wildman–Crippen MR) is 78.3 cm³/mol. The van der Waals surface area contributed by atoms with E-state index in [0.29, 0.717) is 24.3 Å². The molecule has 19 heavy (non-hydrogen) atoms. The Bertz CT molecular complexity index is 575. The first-order chi connectivity index (χ1) is 9.13. The lowest BCUT2D eigenvalue weighted by Gasteiger charge is -2.11.